The molecule has 0 aliphatic carbocycles. The van der Waals surface area contributed by atoms with Crippen LogP contribution in [-0.4, -0.2) is 35.2 Å². The summed E-state index contributed by atoms with van der Waals surface area (Å²) < 4.78 is 5.05. The van der Waals surface area contributed by atoms with E-state index in [-0.39, 0.29) is 13.0 Å². The number of carboxylic acid groups (broad SMARTS) is 1. The summed E-state index contributed by atoms with van der Waals surface area (Å²) in [6.07, 6.45) is 0.899. The maximum atomic E-state index is 12.4. The number of carboxylic acids is 1. The monoisotopic (exact) mass is 310 g/mol. The van der Waals surface area contributed by atoms with Gasteiger partial charge in [0.15, 0.2) is 5.41 Å². The second kappa shape index (κ2) is 8.72. The Hall–Kier alpha value is -1.49. The zero-order chi connectivity index (χ0) is 15.7. The second-order valence-electron chi connectivity index (χ2n) is 4.60. The standard InChI is InChI=1S/C16H22O4S/c1-3-20-15(19)16(14(17)18,11-8-12-21-4-2)13-9-6-5-7-10-13/h5-7,9-10H,3-4,8,11-12H2,1-2H3,(H,17,18). The van der Waals surface area contributed by atoms with Crippen LogP contribution in [0.3, 0.4) is 0 Å². The maximum absolute atomic E-state index is 12.4. The van der Waals surface area contributed by atoms with Gasteiger partial charge >= 0.3 is 11.9 Å². The molecule has 5 heteroatoms. The second-order valence-corrected chi connectivity index (χ2v) is 5.99. The molecule has 116 valence electrons. The van der Waals surface area contributed by atoms with Gasteiger partial charge in [0.2, 0.25) is 0 Å². The van der Waals surface area contributed by atoms with Gasteiger partial charge in [0.25, 0.3) is 0 Å². The van der Waals surface area contributed by atoms with Crippen molar-refractivity contribution in [3.8, 4) is 0 Å². The van der Waals surface area contributed by atoms with Crippen LogP contribution in [0, 0.1) is 0 Å². The normalized spacial score (nSPS) is 13.4. The van der Waals surface area contributed by atoms with Crippen molar-refractivity contribution in [3.05, 3.63) is 35.9 Å². The van der Waals surface area contributed by atoms with Crippen molar-refractivity contribution in [1.82, 2.24) is 0 Å². The van der Waals surface area contributed by atoms with Gasteiger partial charge < -0.3 is 9.84 Å². The van der Waals surface area contributed by atoms with Gasteiger partial charge in [0.1, 0.15) is 0 Å². The van der Waals surface area contributed by atoms with Crippen molar-refractivity contribution in [1.29, 1.82) is 0 Å². The molecule has 0 aliphatic rings. The van der Waals surface area contributed by atoms with Gasteiger partial charge in [-0.3, -0.25) is 9.59 Å². The average molecular weight is 310 g/mol. The quantitative estimate of drug-likeness (QED) is 0.431. The number of hydrogen-bond acceptors (Lipinski definition) is 4. The van der Waals surface area contributed by atoms with E-state index in [4.69, 9.17) is 4.74 Å². The Labute approximate surface area is 129 Å². The van der Waals surface area contributed by atoms with Gasteiger partial charge in [-0.25, -0.2) is 0 Å². The largest absolute Gasteiger partial charge is 0.480 e. The van der Waals surface area contributed by atoms with Gasteiger partial charge in [-0.05, 0) is 36.8 Å². The van der Waals surface area contributed by atoms with E-state index in [1.165, 1.54) is 0 Å². The molecule has 1 N–H and O–H groups in total. The molecule has 0 fully saturated rings. The highest BCUT2D eigenvalue weighted by atomic mass is 32.2. The van der Waals surface area contributed by atoms with Crippen molar-refractivity contribution < 1.29 is 19.4 Å². The molecule has 0 heterocycles. The predicted octanol–water partition coefficient (Wildman–Crippen LogP) is 3.11. The molecule has 0 spiro atoms. The molecule has 0 saturated carbocycles. The fourth-order valence-corrected chi connectivity index (χ4v) is 2.88. The third kappa shape index (κ3) is 4.24. The van der Waals surface area contributed by atoms with E-state index in [1.54, 1.807) is 49.0 Å². The number of hydrogen-bond donors (Lipinski definition) is 1. The van der Waals surface area contributed by atoms with E-state index in [0.717, 1.165) is 11.5 Å². The van der Waals surface area contributed by atoms with Crippen LogP contribution in [0.2, 0.25) is 0 Å². The van der Waals surface area contributed by atoms with Crippen LogP contribution >= 0.6 is 11.8 Å². The molecule has 4 nitrogen and oxygen atoms in total. The van der Waals surface area contributed by atoms with Crippen molar-refractivity contribution in [2.75, 3.05) is 18.1 Å². The lowest BCUT2D eigenvalue weighted by Crippen LogP contribution is -2.45. The van der Waals surface area contributed by atoms with Crippen LogP contribution in [-0.2, 0) is 19.7 Å². The summed E-state index contributed by atoms with van der Waals surface area (Å²) in [6, 6.07) is 8.64. The molecule has 1 atom stereocenters. The topological polar surface area (TPSA) is 63.6 Å². The number of benzene rings is 1. The zero-order valence-electron chi connectivity index (χ0n) is 12.5. The first-order chi connectivity index (χ1) is 10.1. The molecular formula is C16H22O4S. The van der Waals surface area contributed by atoms with E-state index in [0.29, 0.717) is 12.0 Å². The first-order valence-electron chi connectivity index (χ1n) is 7.13. The molecule has 0 bridgehead atoms. The number of esters is 1. The molecule has 1 rings (SSSR count). The molecule has 0 aliphatic heterocycles. The minimum atomic E-state index is -1.61. The third-order valence-corrected chi connectivity index (χ3v) is 4.29. The molecule has 1 aromatic rings. The Bertz CT molecular complexity index is 461. The summed E-state index contributed by atoms with van der Waals surface area (Å²) in [4.78, 5) is 24.3. The minimum Gasteiger partial charge on any atom is -0.480 e. The van der Waals surface area contributed by atoms with Gasteiger partial charge in [0, 0.05) is 0 Å². The molecule has 1 aromatic carbocycles. The summed E-state index contributed by atoms with van der Waals surface area (Å²) in [5, 5.41) is 9.72. The van der Waals surface area contributed by atoms with Crippen LogP contribution in [0.15, 0.2) is 30.3 Å². The number of carbonyl (C=O) groups is 2. The Balaban J connectivity index is 3.11. The van der Waals surface area contributed by atoms with Gasteiger partial charge in [-0.15, -0.1) is 0 Å². The first kappa shape index (κ1) is 17.6. The predicted molar refractivity (Wildman–Crippen MR) is 84.6 cm³/mol. The Morgan fingerprint density at radius 2 is 1.90 bits per heavy atom. The van der Waals surface area contributed by atoms with E-state index in [2.05, 4.69) is 6.92 Å². The molecule has 0 radical (unpaired) electrons. The number of aliphatic carboxylic acids is 1. The van der Waals surface area contributed by atoms with E-state index in [1.807, 2.05) is 0 Å². The Morgan fingerprint density at radius 1 is 1.24 bits per heavy atom. The van der Waals surface area contributed by atoms with Crippen molar-refractivity contribution >= 4 is 23.7 Å². The summed E-state index contributed by atoms with van der Waals surface area (Å²) in [5.41, 5.74) is -1.12. The maximum Gasteiger partial charge on any atom is 0.328 e. The smallest absolute Gasteiger partial charge is 0.328 e. The van der Waals surface area contributed by atoms with Gasteiger partial charge in [0.05, 0.1) is 6.61 Å². The van der Waals surface area contributed by atoms with Gasteiger partial charge in [-0.1, -0.05) is 37.3 Å². The zero-order valence-corrected chi connectivity index (χ0v) is 13.3. The van der Waals surface area contributed by atoms with Crippen molar-refractivity contribution in [3.63, 3.8) is 0 Å². The summed E-state index contributed by atoms with van der Waals surface area (Å²) in [7, 11) is 0. The summed E-state index contributed by atoms with van der Waals surface area (Å²) in [6.45, 7) is 3.91. The van der Waals surface area contributed by atoms with Crippen LogP contribution < -0.4 is 0 Å². The lowest BCUT2D eigenvalue weighted by Gasteiger charge is -2.27. The fourth-order valence-electron chi connectivity index (χ4n) is 2.24. The first-order valence-corrected chi connectivity index (χ1v) is 8.29. The van der Waals surface area contributed by atoms with Crippen LogP contribution in [0.1, 0.15) is 32.3 Å². The molecule has 0 aromatic heterocycles. The van der Waals surface area contributed by atoms with Crippen molar-refractivity contribution in [2.45, 2.75) is 32.1 Å². The number of ether oxygens (including phenoxy) is 1. The van der Waals surface area contributed by atoms with E-state index >= 15 is 0 Å². The van der Waals surface area contributed by atoms with Crippen molar-refractivity contribution in [2.24, 2.45) is 0 Å². The lowest BCUT2D eigenvalue weighted by molar-refractivity contribution is -0.162. The Kier molecular flexibility index (Phi) is 7.29. The SMILES string of the molecule is CCOC(=O)C(CCCSCC)(C(=O)O)c1ccccc1. The van der Waals surface area contributed by atoms with E-state index < -0.39 is 17.4 Å². The fraction of sp³-hybridized carbons (Fsp3) is 0.500. The highest BCUT2D eigenvalue weighted by Crippen LogP contribution is 2.32. The number of thioether (sulfide) groups is 1. The highest BCUT2D eigenvalue weighted by molar-refractivity contribution is 7.99. The molecule has 0 saturated heterocycles. The van der Waals surface area contributed by atoms with Crippen LogP contribution in [0.4, 0.5) is 0 Å². The minimum absolute atomic E-state index is 0.171. The number of carbonyl (C=O) groups excluding carboxylic acids is 1. The average Bonchev–Trinajstić information content (AvgIpc) is 2.48. The summed E-state index contributed by atoms with van der Waals surface area (Å²) in [5.74, 6) is -0.0124. The molecule has 1 unspecified atom stereocenters. The highest BCUT2D eigenvalue weighted by Gasteiger charge is 2.48. The Morgan fingerprint density at radius 3 is 2.43 bits per heavy atom. The summed E-state index contributed by atoms with van der Waals surface area (Å²) >= 11 is 1.74. The van der Waals surface area contributed by atoms with Crippen LogP contribution in [0.5, 0.6) is 0 Å². The third-order valence-electron chi connectivity index (χ3n) is 3.30. The molecular weight excluding hydrogens is 288 g/mol. The molecule has 21 heavy (non-hydrogen) atoms. The van der Waals surface area contributed by atoms with Crippen LogP contribution in [0.25, 0.3) is 0 Å². The van der Waals surface area contributed by atoms with E-state index in [9.17, 15) is 14.7 Å². The lowest BCUT2D eigenvalue weighted by atomic mass is 9.76. The number of rotatable bonds is 9. The molecule has 0 amide bonds. The van der Waals surface area contributed by atoms with Gasteiger partial charge in [-0.2, -0.15) is 11.8 Å².